The van der Waals surface area contributed by atoms with Gasteiger partial charge in [-0.1, -0.05) is 0 Å². The summed E-state index contributed by atoms with van der Waals surface area (Å²) in [4.78, 5) is 12.1. The van der Waals surface area contributed by atoms with E-state index >= 15 is 0 Å². The number of nitriles is 1. The van der Waals surface area contributed by atoms with Crippen LogP contribution in [-0.4, -0.2) is 23.4 Å². The first kappa shape index (κ1) is 19.1. The predicted octanol–water partition coefficient (Wildman–Crippen LogP) is 4.37. The number of halogens is 1. The van der Waals surface area contributed by atoms with Crippen molar-refractivity contribution < 1.29 is 8.42 Å². The van der Waals surface area contributed by atoms with E-state index in [-0.39, 0.29) is 4.90 Å². The number of hydrogen-bond acceptors (Lipinski definition) is 5. The van der Waals surface area contributed by atoms with Crippen LogP contribution in [0.5, 0.6) is 0 Å². The lowest BCUT2D eigenvalue weighted by atomic mass is 10.2. The van der Waals surface area contributed by atoms with Gasteiger partial charge in [-0.05, 0) is 76.9 Å². The van der Waals surface area contributed by atoms with E-state index < -0.39 is 10.0 Å². The monoisotopic (exact) mass is 467 g/mol. The van der Waals surface area contributed by atoms with Crippen molar-refractivity contribution in [1.82, 2.24) is 15.0 Å². The van der Waals surface area contributed by atoms with E-state index in [1.807, 2.05) is 13.0 Å². The van der Waals surface area contributed by atoms with Gasteiger partial charge in [0.25, 0.3) is 10.0 Å². The molecule has 0 aliphatic heterocycles. The molecule has 29 heavy (non-hydrogen) atoms. The lowest BCUT2D eigenvalue weighted by Crippen LogP contribution is -2.12. The van der Waals surface area contributed by atoms with Crippen molar-refractivity contribution in [2.24, 2.45) is 0 Å². The van der Waals surface area contributed by atoms with Crippen LogP contribution in [0.3, 0.4) is 0 Å². The Morgan fingerprint density at radius 2 is 1.79 bits per heavy atom. The molecule has 0 unspecified atom stereocenters. The average molecular weight is 468 g/mol. The van der Waals surface area contributed by atoms with Gasteiger partial charge in [-0.3, -0.25) is 4.72 Å². The molecule has 0 aliphatic rings. The topological polar surface area (TPSA) is 112 Å². The maximum absolute atomic E-state index is 12.5. The quantitative estimate of drug-likeness (QED) is 0.462. The number of nitrogens with zero attached hydrogens (tertiary/aromatic N) is 3. The van der Waals surface area contributed by atoms with Crippen LogP contribution < -0.4 is 4.72 Å². The first-order valence-electron chi connectivity index (χ1n) is 8.51. The second kappa shape index (κ2) is 7.31. The summed E-state index contributed by atoms with van der Waals surface area (Å²) < 4.78 is 28.5. The highest BCUT2D eigenvalue weighted by Gasteiger charge is 2.15. The zero-order valence-electron chi connectivity index (χ0n) is 15.1. The lowest BCUT2D eigenvalue weighted by molar-refractivity contribution is 0.601. The predicted molar refractivity (Wildman–Crippen MR) is 114 cm³/mol. The number of rotatable bonds is 4. The van der Waals surface area contributed by atoms with Crippen molar-refractivity contribution in [1.29, 1.82) is 5.26 Å². The van der Waals surface area contributed by atoms with Crippen molar-refractivity contribution in [3.63, 3.8) is 0 Å². The molecule has 0 saturated carbocycles. The van der Waals surface area contributed by atoms with Gasteiger partial charge < -0.3 is 4.98 Å². The third kappa shape index (κ3) is 3.72. The fraction of sp³-hybridized carbons (Fsp3) is 0.0500. The number of aromatic nitrogens is 3. The van der Waals surface area contributed by atoms with E-state index in [1.54, 1.807) is 30.5 Å². The highest BCUT2D eigenvalue weighted by molar-refractivity contribution is 9.10. The van der Waals surface area contributed by atoms with E-state index in [0.717, 1.165) is 21.1 Å². The molecule has 0 aliphatic carbocycles. The molecule has 2 aromatic carbocycles. The summed E-state index contributed by atoms with van der Waals surface area (Å²) in [5, 5.41) is 8.83. The number of pyridine rings is 1. The number of aryl methyl sites for hydroxylation is 1. The number of H-pyrrole nitrogens is 1. The van der Waals surface area contributed by atoms with Gasteiger partial charge in [0.1, 0.15) is 5.82 Å². The summed E-state index contributed by atoms with van der Waals surface area (Å²) in [6.45, 7) is 1.97. The molecule has 0 fully saturated rings. The van der Waals surface area contributed by atoms with Crippen molar-refractivity contribution in [3.05, 3.63) is 70.3 Å². The number of nitrogens with one attached hydrogen (secondary N) is 2. The molecule has 0 amide bonds. The highest BCUT2D eigenvalue weighted by Crippen LogP contribution is 2.26. The van der Waals surface area contributed by atoms with E-state index in [9.17, 15) is 8.42 Å². The van der Waals surface area contributed by atoms with E-state index in [0.29, 0.717) is 22.7 Å². The van der Waals surface area contributed by atoms with Gasteiger partial charge >= 0.3 is 0 Å². The van der Waals surface area contributed by atoms with Crippen molar-refractivity contribution in [2.45, 2.75) is 11.8 Å². The zero-order valence-corrected chi connectivity index (χ0v) is 17.5. The fourth-order valence-electron chi connectivity index (χ4n) is 2.81. The van der Waals surface area contributed by atoms with Crippen LogP contribution in [0.1, 0.15) is 11.1 Å². The summed E-state index contributed by atoms with van der Waals surface area (Å²) in [6, 6.07) is 14.6. The van der Waals surface area contributed by atoms with Crippen LogP contribution in [0.4, 0.5) is 5.69 Å². The second-order valence-corrected chi connectivity index (χ2v) is 8.87. The van der Waals surface area contributed by atoms with Crippen LogP contribution >= 0.6 is 15.9 Å². The van der Waals surface area contributed by atoms with Gasteiger partial charge in [0.05, 0.1) is 22.0 Å². The molecular formula is C20H14BrN5O2S. The van der Waals surface area contributed by atoms with Crippen molar-refractivity contribution in [2.75, 3.05) is 4.72 Å². The van der Waals surface area contributed by atoms with Crippen molar-refractivity contribution >= 4 is 42.8 Å². The number of hydrogen-bond donors (Lipinski definition) is 2. The number of aromatic amines is 1. The van der Waals surface area contributed by atoms with E-state index in [1.165, 1.54) is 24.3 Å². The molecule has 9 heteroatoms. The maximum atomic E-state index is 12.5. The summed E-state index contributed by atoms with van der Waals surface area (Å²) in [5.41, 5.74) is 4.11. The Hall–Kier alpha value is -3.22. The normalized spacial score (nSPS) is 11.3. The molecule has 0 saturated heterocycles. The standard InChI is InChI=1S/C20H14BrN5O2S/c1-12-17(21)11-23-20-18(12)24-19(25-20)14-4-6-15(7-5-14)26-29(27,28)16-8-2-13(10-22)3-9-16/h2-9,11,26H,1H3,(H,23,24,25). The molecule has 144 valence electrons. The number of imidazole rings is 1. The summed E-state index contributed by atoms with van der Waals surface area (Å²) in [7, 11) is -3.74. The van der Waals surface area contributed by atoms with Crippen LogP contribution in [0, 0.1) is 18.3 Å². The molecule has 0 atom stereocenters. The largest absolute Gasteiger partial charge is 0.336 e. The van der Waals surface area contributed by atoms with E-state index in [2.05, 4.69) is 35.6 Å². The molecular weight excluding hydrogens is 454 g/mol. The minimum Gasteiger partial charge on any atom is -0.336 e. The maximum Gasteiger partial charge on any atom is 0.261 e. The van der Waals surface area contributed by atoms with Crippen molar-refractivity contribution in [3.8, 4) is 17.5 Å². The molecule has 0 radical (unpaired) electrons. The molecule has 0 bridgehead atoms. The van der Waals surface area contributed by atoms with Gasteiger partial charge in [0.15, 0.2) is 5.65 Å². The van der Waals surface area contributed by atoms with Gasteiger partial charge in [-0.25, -0.2) is 18.4 Å². The highest BCUT2D eigenvalue weighted by atomic mass is 79.9. The van der Waals surface area contributed by atoms with Crippen LogP contribution in [-0.2, 0) is 10.0 Å². The minimum atomic E-state index is -3.74. The minimum absolute atomic E-state index is 0.0880. The third-order valence-electron chi connectivity index (χ3n) is 4.42. The summed E-state index contributed by atoms with van der Waals surface area (Å²) in [6.07, 6.45) is 1.71. The van der Waals surface area contributed by atoms with Gasteiger partial charge in [-0.15, -0.1) is 0 Å². The van der Waals surface area contributed by atoms with Crippen LogP contribution in [0.15, 0.2) is 64.1 Å². The van der Waals surface area contributed by atoms with Crippen LogP contribution in [0.25, 0.3) is 22.6 Å². The SMILES string of the molecule is Cc1c(Br)cnc2nc(-c3ccc(NS(=O)(=O)c4ccc(C#N)cc4)cc3)[nH]c12. The Balaban J connectivity index is 1.59. The third-order valence-corrected chi connectivity index (χ3v) is 6.62. The molecule has 0 spiro atoms. The van der Waals surface area contributed by atoms with Crippen LogP contribution in [0.2, 0.25) is 0 Å². The summed E-state index contributed by atoms with van der Waals surface area (Å²) >= 11 is 3.46. The lowest BCUT2D eigenvalue weighted by Gasteiger charge is -2.08. The summed E-state index contributed by atoms with van der Waals surface area (Å²) in [5.74, 6) is 0.648. The number of anilines is 1. The molecule has 2 N–H and O–H groups in total. The number of fused-ring (bicyclic) bond motifs is 1. The molecule has 4 rings (SSSR count). The van der Waals surface area contributed by atoms with E-state index in [4.69, 9.17) is 5.26 Å². The Morgan fingerprint density at radius 3 is 2.45 bits per heavy atom. The Bertz CT molecular complexity index is 1360. The average Bonchev–Trinajstić information content (AvgIpc) is 3.16. The first-order chi connectivity index (χ1) is 13.9. The number of benzene rings is 2. The number of sulfonamides is 1. The smallest absolute Gasteiger partial charge is 0.261 e. The fourth-order valence-corrected chi connectivity index (χ4v) is 4.17. The first-order valence-corrected chi connectivity index (χ1v) is 10.8. The molecule has 7 nitrogen and oxygen atoms in total. The Kier molecular flexibility index (Phi) is 4.82. The van der Waals surface area contributed by atoms with Gasteiger partial charge in [0.2, 0.25) is 0 Å². The molecule has 4 aromatic rings. The van der Waals surface area contributed by atoms with Gasteiger partial charge in [-0.2, -0.15) is 5.26 Å². The molecule has 2 aromatic heterocycles. The van der Waals surface area contributed by atoms with Gasteiger partial charge in [0, 0.05) is 21.9 Å². The second-order valence-electron chi connectivity index (χ2n) is 6.33. The Morgan fingerprint density at radius 1 is 1.10 bits per heavy atom. The Labute approximate surface area is 175 Å². The molecule has 2 heterocycles. The zero-order chi connectivity index (χ0) is 20.6.